The van der Waals surface area contributed by atoms with Crippen LogP contribution < -0.4 is 9.47 Å². The van der Waals surface area contributed by atoms with Crippen molar-refractivity contribution < 1.29 is 14.3 Å². The summed E-state index contributed by atoms with van der Waals surface area (Å²) in [5, 5.41) is 4.59. The quantitative estimate of drug-likeness (QED) is 0.851. The Balaban J connectivity index is 1.53. The van der Waals surface area contributed by atoms with Crippen LogP contribution in [0.4, 0.5) is 0 Å². The molecule has 24 heavy (non-hydrogen) atoms. The summed E-state index contributed by atoms with van der Waals surface area (Å²) in [6.45, 7) is 5.76. The number of aromatic nitrogens is 2. The van der Waals surface area contributed by atoms with E-state index in [1.165, 1.54) is 0 Å². The minimum absolute atomic E-state index is 0.0412. The Morgan fingerprint density at radius 3 is 2.83 bits per heavy atom. The fraction of sp³-hybridized carbons (Fsp3) is 0.444. The molecule has 1 atom stereocenters. The molecule has 1 aromatic heterocycles. The Kier molecular flexibility index (Phi) is 3.67. The van der Waals surface area contributed by atoms with Gasteiger partial charge in [-0.15, -0.1) is 0 Å². The summed E-state index contributed by atoms with van der Waals surface area (Å²) >= 11 is 0. The lowest BCUT2D eigenvalue weighted by Gasteiger charge is -2.33. The number of aryl methyl sites for hydroxylation is 2. The number of hydrogen-bond donors (Lipinski definition) is 0. The second-order valence-corrected chi connectivity index (χ2v) is 6.49. The number of carbonyl (C=O) groups is 1. The number of likely N-dealkylation sites (tertiary alicyclic amines) is 1. The zero-order chi connectivity index (χ0) is 16.7. The van der Waals surface area contributed by atoms with Gasteiger partial charge in [0.15, 0.2) is 11.5 Å². The Bertz CT molecular complexity index is 784. The molecule has 1 amide bonds. The SMILES string of the molecule is Cc1cc(C)n([C@H]2CCCN(C(=O)c3ccc4c(c3)OCO4)C2)n1. The van der Waals surface area contributed by atoms with Crippen LogP contribution in [0.3, 0.4) is 0 Å². The lowest BCUT2D eigenvalue weighted by atomic mass is 10.0. The van der Waals surface area contributed by atoms with Gasteiger partial charge in [-0.1, -0.05) is 0 Å². The van der Waals surface area contributed by atoms with Crippen molar-refractivity contribution in [1.29, 1.82) is 0 Å². The van der Waals surface area contributed by atoms with E-state index in [1.54, 1.807) is 12.1 Å². The summed E-state index contributed by atoms with van der Waals surface area (Å²) in [5.74, 6) is 1.39. The third kappa shape index (κ3) is 2.62. The molecule has 126 valence electrons. The van der Waals surface area contributed by atoms with E-state index >= 15 is 0 Å². The summed E-state index contributed by atoms with van der Waals surface area (Å²) in [7, 11) is 0. The highest BCUT2D eigenvalue weighted by atomic mass is 16.7. The first-order valence-electron chi connectivity index (χ1n) is 8.33. The summed E-state index contributed by atoms with van der Waals surface area (Å²) < 4.78 is 12.8. The molecule has 0 aliphatic carbocycles. The van der Waals surface area contributed by atoms with Gasteiger partial charge in [-0.2, -0.15) is 5.10 Å². The molecule has 2 aliphatic rings. The molecule has 0 radical (unpaired) electrons. The number of ether oxygens (including phenoxy) is 2. The number of nitrogens with zero attached hydrogens (tertiary/aromatic N) is 3. The zero-order valence-electron chi connectivity index (χ0n) is 14.0. The number of amides is 1. The minimum Gasteiger partial charge on any atom is -0.454 e. The highest BCUT2D eigenvalue weighted by molar-refractivity contribution is 5.95. The van der Waals surface area contributed by atoms with Crippen LogP contribution in [0.5, 0.6) is 11.5 Å². The van der Waals surface area contributed by atoms with Gasteiger partial charge in [-0.3, -0.25) is 9.48 Å². The van der Waals surface area contributed by atoms with Gasteiger partial charge in [-0.05, 0) is 51.0 Å². The first-order valence-corrected chi connectivity index (χ1v) is 8.33. The fourth-order valence-corrected chi connectivity index (χ4v) is 3.57. The molecule has 2 aromatic rings. The minimum atomic E-state index is 0.0412. The summed E-state index contributed by atoms with van der Waals surface area (Å²) in [4.78, 5) is 14.8. The fourth-order valence-electron chi connectivity index (χ4n) is 3.57. The Hall–Kier alpha value is -2.50. The van der Waals surface area contributed by atoms with Crippen LogP contribution in [0.25, 0.3) is 0 Å². The largest absolute Gasteiger partial charge is 0.454 e. The molecule has 3 heterocycles. The van der Waals surface area contributed by atoms with Crippen LogP contribution in [-0.2, 0) is 0 Å². The molecule has 0 N–H and O–H groups in total. The highest BCUT2D eigenvalue weighted by Gasteiger charge is 2.27. The van der Waals surface area contributed by atoms with Crippen LogP contribution in [0.2, 0.25) is 0 Å². The van der Waals surface area contributed by atoms with Gasteiger partial charge in [0.1, 0.15) is 0 Å². The number of benzene rings is 1. The molecule has 0 unspecified atom stereocenters. The highest BCUT2D eigenvalue weighted by Crippen LogP contribution is 2.33. The first-order chi connectivity index (χ1) is 11.6. The van der Waals surface area contributed by atoms with E-state index in [1.807, 2.05) is 17.9 Å². The van der Waals surface area contributed by atoms with Gasteiger partial charge in [0.05, 0.1) is 11.7 Å². The predicted molar refractivity (Wildman–Crippen MR) is 88.4 cm³/mol. The Morgan fingerprint density at radius 2 is 2.04 bits per heavy atom. The van der Waals surface area contributed by atoms with E-state index < -0.39 is 0 Å². The van der Waals surface area contributed by atoms with Gasteiger partial charge in [0, 0.05) is 24.3 Å². The lowest BCUT2D eigenvalue weighted by molar-refractivity contribution is 0.0671. The second kappa shape index (κ2) is 5.85. The number of rotatable bonds is 2. The van der Waals surface area contributed by atoms with Crippen LogP contribution in [-0.4, -0.2) is 40.5 Å². The molecule has 6 heteroatoms. The van der Waals surface area contributed by atoms with Crippen LogP contribution in [0.15, 0.2) is 24.3 Å². The number of fused-ring (bicyclic) bond motifs is 1. The average Bonchev–Trinajstić information content (AvgIpc) is 3.19. The first kappa shape index (κ1) is 15.1. The number of hydrogen-bond acceptors (Lipinski definition) is 4. The maximum Gasteiger partial charge on any atom is 0.254 e. The number of piperidine rings is 1. The normalized spacial score (nSPS) is 19.6. The molecular formula is C18H21N3O3. The predicted octanol–water partition coefficient (Wildman–Crippen LogP) is 2.71. The second-order valence-electron chi connectivity index (χ2n) is 6.49. The Morgan fingerprint density at radius 1 is 1.21 bits per heavy atom. The summed E-state index contributed by atoms with van der Waals surface area (Å²) in [6.07, 6.45) is 2.03. The molecule has 4 rings (SSSR count). The molecule has 0 saturated carbocycles. The molecule has 1 saturated heterocycles. The monoisotopic (exact) mass is 327 g/mol. The van der Waals surface area contributed by atoms with Gasteiger partial charge in [0.2, 0.25) is 6.79 Å². The third-order valence-corrected chi connectivity index (χ3v) is 4.69. The van der Waals surface area contributed by atoms with Crippen molar-refractivity contribution in [3.63, 3.8) is 0 Å². The van der Waals surface area contributed by atoms with E-state index in [0.717, 1.165) is 30.8 Å². The van der Waals surface area contributed by atoms with Gasteiger partial charge in [0.25, 0.3) is 5.91 Å². The van der Waals surface area contributed by atoms with Crippen molar-refractivity contribution in [3.8, 4) is 11.5 Å². The van der Waals surface area contributed by atoms with E-state index in [0.29, 0.717) is 23.6 Å². The molecular weight excluding hydrogens is 306 g/mol. The number of carbonyl (C=O) groups excluding carboxylic acids is 1. The summed E-state index contributed by atoms with van der Waals surface area (Å²) in [5.41, 5.74) is 2.81. The Labute approximate surface area is 141 Å². The van der Waals surface area contributed by atoms with E-state index in [2.05, 4.69) is 22.8 Å². The smallest absolute Gasteiger partial charge is 0.254 e. The average molecular weight is 327 g/mol. The summed E-state index contributed by atoms with van der Waals surface area (Å²) in [6, 6.07) is 7.71. The molecule has 2 aliphatic heterocycles. The van der Waals surface area contributed by atoms with Crippen molar-refractivity contribution in [2.45, 2.75) is 32.7 Å². The van der Waals surface area contributed by atoms with Crippen molar-refractivity contribution >= 4 is 5.91 Å². The molecule has 1 fully saturated rings. The van der Waals surface area contributed by atoms with Gasteiger partial charge < -0.3 is 14.4 Å². The standard InChI is InChI=1S/C18H21N3O3/c1-12-8-13(2)21(19-12)15-4-3-7-20(10-15)18(22)14-5-6-16-17(9-14)24-11-23-16/h5-6,8-9,15H,3-4,7,10-11H2,1-2H3/t15-/m0/s1. The van der Waals surface area contributed by atoms with Crippen molar-refractivity contribution in [3.05, 3.63) is 41.2 Å². The van der Waals surface area contributed by atoms with Crippen molar-refractivity contribution in [2.24, 2.45) is 0 Å². The zero-order valence-corrected chi connectivity index (χ0v) is 14.0. The van der Waals surface area contributed by atoms with Crippen LogP contribution in [0, 0.1) is 13.8 Å². The third-order valence-electron chi connectivity index (χ3n) is 4.69. The van der Waals surface area contributed by atoms with Crippen molar-refractivity contribution in [1.82, 2.24) is 14.7 Å². The van der Waals surface area contributed by atoms with E-state index in [-0.39, 0.29) is 18.7 Å². The molecule has 6 nitrogen and oxygen atoms in total. The van der Waals surface area contributed by atoms with E-state index in [4.69, 9.17) is 9.47 Å². The van der Waals surface area contributed by atoms with Crippen LogP contribution >= 0.6 is 0 Å². The van der Waals surface area contributed by atoms with Gasteiger partial charge in [-0.25, -0.2) is 0 Å². The van der Waals surface area contributed by atoms with Gasteiger partial charge >= 0.3 is 0 Å². The van der Waals surface area contributed by atoms with Crippen LogP contribution in [0.1, 0.15) is 40.6 Å². The molecule has 0 bridgehead atoms. The maximum absolute atomic E-state index is 12.9. The van der Waals surface area contributed by atoms with Crippen molar-refractivity contribution in [2.75, 3.05) is 19.9 Å². The maximum atomic E-state index is 12.9. The topological polar surface area (TPSA) is 56.6 Å². The van der Waals surface area contributed by atoms with E-state index in [9.17, 15) is 4.79 Å². The molecule has 0 spiro atoms. The molecule has 1 aromatic carbocycles. The lowest BCUT2D eigenvalue weighted by Crippen LogP contribution is -2.41.